The van der Waals surface area contributed by atoms with Crippen LogP contribution in [0.5, 0.6) is 5.75 Å². The molecule has 0 aliphatic carbocycles. The predicted octanol–water partition coefficient (Wildman–Crippen LogP) is 4.06. The van der Waals surface area contributed by atoms with Crippen LogP contribution in [0.3, 0.4) is 0 Å². The summed E-state index contributed by atoms with van der Waals surface area (Å²) in [5.41, 5.74) is 3.24. The van der Waals surface area contributed by atoms with Gasteiger partial charge >= 0.3 is 0 Å². The molecule has 3 rings (SSSR count). The summed E-state index contributed by atoms with van der Waals surface area (Å²) >= 11 is 12.0. The second-order valence-electron chi connectivity index (χ2n) is 6.67. The fourth-order valence-corrected chi connectivity index (χ4v) is 3.73. The number of likely N-dealkylation sites (tertiary alicyclic amines) is 1. The van der Waals surface area contributed by atoms with Crippen LogP contribution in [0, 0.1) is 12.8 Å². The van der Waals surface area contributed by atoms with Crippen molar-refractivity contribution in [3.8, 4) is 5.75 Å². The molecule has 1 heterocycles. The van der Waals surface area contributed by atoms with Gasteiger partial charge in [-0.3, -0.25) is 9.69 Å². The van der Waals surface area contributed by atoms with E-state index in [0.29, 0.717) is 16.7 Å². The minimum atomic E-state index is 0.119. The number of rotatable bonds is 6. The van der Waals surface area contributed by atoms with Gasteiger partial charge in [-0.1, -0.05) is 35.3 Å². The van der Waals surface area contributed by atoms with Crippen molar-refractivity contribution in [1.82, 2.24) is 10.2 Å². The Morgan fingerprint density at radius 3 is 2.46 bits per heavy atom. The van der Waals surface area contributed by atoms with Crippen LogP contribution in [0.25, 0.3) is 0 Å². The molecule has 1 aliphatic rings. The maximum Gasteiger partial charge on any atom is 0.225 e. The molecule has 2 aromatic carbocycles. The molecule has 1 amide bonds. The first-order valence-electron chi connectivity index (χ1n) is 8.56. The number of benzene rings is 2. The number of hydrogen-bond acceptors (Lipinski definition) is 3. The molecule has 2 aromatic rings. The average molecular weight is 393 g/mol. The number of carbonyl (C=O) groups excluding carboxylic acids is 1. The minimum absolute atomic E-state index is 0.119. The Kier molecular flexibility index (Phi) is 6.07. The summed E-state index contributed by atoms with van der Waals surface area (Å²) in [6, 6.07) is 11.6. The van der Waals surface area contributed by atoms with E-state index in [-0.39, 0.29) is 11.8 Å². The van der Waals surface area contributed by atoms with Crippen LogP contribution >= 0.6 is 23.2 Å². The van der Waals surface area contributed by atoms with E-state index in [9.17, 15) is 4.79 Å². The van der Waals surface area contributed by atoms with Crippen LogP contribution in [0.4, 0.5) is 0 Å². The van der Waals surface area contributed by atoms with Gasteiger partial charge in [-0.15, -0.1) is 0 Å². The summed E-state index contributed by atoms with van der Waals surface area (Å²) in [5.74, 6) is 1.09. The highest BCUT2D eigenvalue weighted by atomic mass is 35.5. The summed E-state index contributed by atoms with van der Waals surface area (Å²) in [5, 5.41) is 3.91. The van der Waals surface area contributed by atoms with Crippen LogP contribution in [-0.2, 0) is 17.9 Å². The van der Waals surface area contributed by atoms with E-state index in [1.165, 1.54) is 5.56 Å². The summed E-state index contributed by atoms with van der Waals surface area (Å²) < 4.78 is 5.91. The zero-order valence-electron chi connectivity index (χ0n) is 14.9. The summed E-state index contributed by atoms with van der Waals surface area (Å²) in [4.78, 5) is 13.8. The van der Waals surface area contributed by atoms with Gasteiger partial charge in [0.25, 0.3) is 0 Å². The molecule has 0 atom stereocenters. The quantitative estimate of drug-likeness (QED) is 0.805. The van der Waals surface area contributed by atoms with Gasteiger partial charge in [-0.25, -0.2) is 0 Å². The highest BCUT2D eigenvalue weighted by molar-refractivity contribution is 6.34. The van der Waals surface area contributed by atoms with Gasteiger partial charge in [-0.05, 0) is 47.9 Å². The minimum Gasteiger partial charge on any atom is -0.489 e. The molecule has 0 aromatic heterocycles. The monoisotopic (exact) mass is 392 g/mol. The number of aryl methyl sites for hydroxylation is 1. The van der Waals surface area contributed by atoms with Crippen LogP contribution in [0.15, 0.2) is 36.4 Å². The van der Waals surface area contributed by atoms with E-state index in [4.69, 9.17) is 27.9 Å². The van der Waals surface area contributed by atoms with Crippen molar-refractivity contribution in [2.75, 3.05) is 20.1 Å². The Hall–Kier alpha value is -1.75. The molecule has 0 bridgehead atoms. The number of nitrogens with zero attached hydrogens (tertiary/aromatic N) is 1. The smallest absolute Gasteiger partial charge is 0.225 e. The Morgan fingerprint density at radius 2 is 1.85 bits per heavy atom. The average Bonchev–Trinajstić information content (AvgIpc) is 2.55. The third-order valence-electron chi connectivity index (χ3n) is 4.54. The molecule has 138 valence electrons. The fourth-order valence-electron chi connectivity index (χ4n) is 3.15. The van der Waals surface area contributed by atoms with E-state index in [1.54, 1.807) is 13.1 Å². The second-order valence-corrected chi connectivity index (χ2v) is 7.54. The summed E-state index contributed by atoms with van der Waals surface area (Å²) in [7, 11) is 1.68. The van der Waals surface area contributed by atoms with Crippen LogP contribution in [-0.4, -0.2) is 30.9 Å². The zero-order chi connectivity index (χ0) is 18.7. The Bertz CT molecular complexity index is 784. The largest absolute Gasteiger partial charge is 0.489 e. The Labute approximate surface area is 164 Å². The van der Waals surface area contributed by atoms with Crippen molar-refractivity contribution < 1.29 is 9.53 Å². The van der Waals surface area contributed by atoms with Gasteiger partial charge in [0.1, 0.15) is 12.4 Å². The lowest BCUT2D eigenvalue weighted by atomic mass is 9.98. The van der Waals surface area contributed by atoms with Crippen molar-refractivity contribution in [2.24, 2.45) is 5.92 Å². The molecule has 1 aliphatic heterocycles. The number of amides is 1. The first kappa shape index (κ1) is 19.0. The molecule has 0 spiro atoms. The molecule has 1 saturated heterocycles. The lowest BCUT2D eigenvalue weighted by Crippen LogP contribution is -2.52. The van der Waals surface area contributed by atoms with Gasteiger partial charge in [0.15, 0.2) is 0 Å². The van der Waals surface area contributed by atoms with Crippen molar-refractivity contribution in [3.05, 3.63) is 63.1 Å². The fraction of sp³-hybridized carbons (Fsp3) is 0.350. The molecule has 1 N–H and O–H groups in total. The van der Waals surface area contributed by atoms with Crippen LogP contribution < -0.4 is 10.1 Å². The standard InChI is InChI=1S/C20H22Cl2N2O2/c1-13-5-14(9-24-10-16(11-24)20(25)23-2)3-4-19(13)26-12-15-6-17(21)8-18(22)7-15/h3-8,16H,9-12H2,1-2H3,(H,23,25). The lowest BCUT2D eigenvalue weighted by molar-refractivity contribution is -0.129. The van der Waals surface area contributed by atoms with Gasteiger partial charge in [-0.2, -0.15) is 0 Å². The summed E-state index contributed by atoms with van der Waals surface area (Å²) in [6.07, 6.45) is 0. The second kappa shape index (κ2) is 8.30. The molecular formula is C20H22Cl2N2O2. The predicted molar refractivity (Wildman–Crippen MR) is 105 cm³/mol. The number of hydrogen-bond donors (Lipinski definition) is 1. The molecule has 0 saturated carbocycles. The molecule has 6 heteroatoms. The van der Waals surface area contributed by atoms with Crippen molar-refractivity contribution in [2.45, 2.75) is 20.1 Å². The van der Waals surface area contributed by atoms with Crippen LogP contribution in [0.2, 0.25) is 10.0 Å². The highest BCUT2D eigenvalue weighted by Crippen LogP contribution is 2.25. The van der Waals surface area contributed by atoms with Crippen molar-refractivity contribution >= 4 is 29.1 Å². The van der Waals surface area contributed by atoms with Gasteiger partial charge in [0, 0.05) is 36.7 Å². The van der Waals surface area contributed by atoms with E-state index in [2.05, 4.69) is 22.3 Å². The molecular weight excluding hydrogens is 371 g/mol. The van der Waals surface area contributed by atoms with Gasteiger partial charge in [0.05, 0.1) is 5.92 Å². The number of halogens is 2. The SMILES string of the molecule is CNC(=O)C1CN(Cc2ccc(OCc3cc(Cl)cc(Cl)c3)c(C)c2)C1. The third-order valence-corrected chi connectivity index (χ3v) is 4.97. The van der Waals surface area contributed by atoms with E-state index < -0.39 is 0 Å². The first-order chi connectivity index (χ1) is 12.4. The molecule has 1 fully saturated rings. The van der Waals surface area contributed by atoms with Crippen molar-refractivity contribution in [1.29, 1.82) is 0 Å². The van der Waals surface area contributed by atoms with E-state index >= 15 is 0 Å². The Balaban J connectivity index is 1.55. The van der Waals surface area contributed by atoms with E-state index in [0.717, 1.165) is 36.5 Å². The van der Waals surface area contributed by atoms with Gasteiger partial charge in [0.2, 0.25) is 5.91 Å². The maximum atomic E-state index is 11.6. The number of nitrogens with one attached hydrogen (secondary N) is 1. The Morgan fingerprint density at radius 1 is 1.15 bits per heavy atom. The lowest BCUT2D eigenvalue weighted by Gasteiger charge is -2.38. The highest BCUT2D eigenvalue weighted by Gasteiger charge is 2.31. The molecule has 4 nitrogen and oxygen atoms in total. The number of carbonyl (C=O) groups is 1. The molecule has 0 radical (unpaired) electrons. The third kappa shape index (κ3) is 4.70. The van der Waals surface area contributed by atoms with Gasteiger partial charge < -0.3 is 10.1 Å². The maximum absolute atomic E-state index is 11.6. The van der Waals surface area contributed by atoms with E-state index in [1.807, 2.05) is 25.1 Å². The molecule has 26 heavy (non-hydrogen) atoms. The first-order valence-corrected chi connectivity index (χ1v) is 9.31. The normalized spacial score (nSPS) is 14.8. The summed E-state index contributed by atoms with van der Waals surface area (Å²) in [6.45, 7) is 4.92. The molecule has 0 unspecified atom stereocenters. The van der Waals surface area contributed by atoms with Crippen LogP contribution in [0.1, 0.15) is 16.7 Å². The van der Waals surface area contributed by atoms with Crippen molar-refractivity contribution in [3.63, 3.8) is 0 Å². The topological polar surface area (TPSA) is 41.6 Å². The number of ether oxygens (including phenoxy) is 1. The zero-order valence-corrected chi connectivity index (χ0v) is 16.4.